The highest BCUT2D eigenvalue weighted by molar-refractivity contribution is 7.85. The van der Waals surface area contributed by atoms with Crippen LogP contribution in [0.1, 0.15) is 45.4 Å². The molecule has 0 aromatic rings. The Labute approximate surface area is 97.2 Å². The molecule has 0 aliphatic carbocycles. The molecule has 1 N–H and O–H groups in total. The van der Waals surface area contributed by atoms with Gasteiger partial charge in [0.25, 0.3) is 10.1 Å². The summed E-state index contributed by atoms with van der Waals surface area (Å²) in [5.41, 5.74) is 0. The molecule has 0 saturated heterocycles. The lowest BCUT2D eigenvalue weighted by Gasteiger charge is -1.98. The van der Waals surface area contributed by atoms with E-state index < -0.39 is 10.1 Å². The Morgan fingerprint density at radius 2 is 1.46 bits per heavy atom. The third-order valence-corrected chi connectivity index (χ3v) is 2.56. The second kappa shape index (κ2) is 9.24. The second-order valence-electron chi connectivity index (χ2n) is 3.05. The van der Waals surface area contributed by atoms with Crippen molar-refractivity contribution in [3.63, 3.8) is 0 Å². The van der Waals surface area contributed by atoms with Crippen LogP contribution in [0, 0.1) is 0 Å². The lowest BCUT2D eigenvalue weighted by atomic mass is 10.1. The molecule has 0 aromatic carbocycles. The summed E-state index contributed by atoms with van der Waals surface area (Å²) in [6.45, 7) is 2.14. The summed E-state index contributed by atoms with van der Waals surface area (Å²) in [6.07, 6.45) is 6.14. The van der Waals surface area contributed by atoms with E-state index in [9.17, 15) is 8.42 Å². The second-order valence-corrected chi connectivity index (χ2v) is 4.63. The molecule has 0 rings (SSSR count). The van der Waals surface area contributed by atoms with Crippen molar-refractivity contribution in [1.82, 2.24) is 0 Å². The van der Waals surface area contributed by atoms with Crippen molar-refractivity contribution in [3.05, 3.63) is 0 Å². The molecule has 0 amide bonds. The van der Waals surface area contributed by atoms with Crippen LogP contribution < -0.4 is 0 Å². The maximum absolute atomic E-state index is 10.3. The third kappa shape index (κ3) is 15.4. The van der Waals surface area contributed by atoms with E-state index >= 15 is 0 Å². The van der Waals surface area contributed by atoms with Crippen LogP contribution in [0.5, 0.6) is 0 Å². The van der Waals surface area contributed by atoms with Crippen LogP contribution in [0.4, 0.5) is 0 Å². The molecule has 0 aromatic heterocycles. The van der Waals surface area contributed by atoms with Crippen molar-refractivity contribution in [3.8, 4) is 0 Å². The van der Waals surface area contributed by atoms with Crippen LogP contribution in [-0.2, 0) is 10.1 Å². The van der Waals surface area contributed by atoms with Crippen LogP contribution in [0.15, 0.2) is 0 Å². The van der Waals surface area contributed by atoms with Gasteiger partial charge in [-0.2, -0.15) is 8.42 Å². The van der Waals surface area contributed by atoms with Crippen molar-refractivity contribution < 1.29 is 13.0 Å². The zero-order chi connectivity index (χ0) is 9.45. The molecule has 0 aliphatic rings. The Hall–Kier alpha value is 0.676. The summed E-state index contributed by atoms with van der Waals surface area (Å²) in [4.78, 5) is 0. The normalized spacial score (nSPS) is 10.9. The van der Waals surface area contributed by atoms with Gasteiger partial charge in [-0.15, -0.1) is 0 Å². The smallest absolute Gasteiger partial charge is 0.286 e. The highest BCUT2D eigenvalue weighted by atomic mass is 32.2. The quantitative estimate of drug-likeness (QED) is 0.400. The average molecular weight is 221 g/mol. The maximum Gasteiger partial charge on any atom is 0.316 e. The van der Waals surface area contributed by atoms with E-state index in [0.717, 1.165) is 12.8 Å². The summed E-state index contributed by atoms with van der Waals surface area (Å²) in [5.74, 6) is -0.0842. The minimum Gasteiger partial charge on any atom is -0.286 e. The van der Waals surface area contributed by atoms with Gasteiger partial charge in [0, 0.05) is 0 Å². The molecule has 0 radical (unpaired) electrons. The van der Waals surface area contributed by atoms with Gasteiger partial charge < -0.3 is 0 Å². The minimum atomic E-state index is -3.72. The van der Waals surface area contributed by atoms with Gasteiger partial charge in [-0.05, 0) is 6.42 Å². The van der Waals surface area contributed by atoms with Gasteiger partial charge >= 0.3 is 23.1 Å². The topological polar surface area (TPSA) is 54.4 Å². The zero-order valence-electron chi connectivity index (χ0n) is 7.62. The maximum atomic E-state index is 10.3. The predicted octanol–water partition coefficient (Wildman–Crippen LogP) is 1.32. The minimum absolute atomic E-state index is 0. The zero-order valence-corrected chi connectivity index (χ0v) is 8.44. The van der Waals surface area contributed by atoms with E-state index in [-0.39, 0.29) is 28.8 Å². The van der Waals surface area contributed by atoms with Gasteiger partial charge in [-0.3, -0.25) is 4.55 Å². The fourth-order valence-electron chi connectivity index (χ4n) is 1.06. The largest absolute Gasteiger partial charge is 0.316 e. The number of hydrogen-bond acceptors (Lipinski definition) is 2. The summed E-state index contributed by atoms with van der Waals surface area (Å²) < 4.78 is 28.9. The van der Waals surface area contributed by atoms with E-state index in [1.165, 1.54) is 19.3 Å². The van der Waals surface area contributed by atoms with E-state index in [2.05, 4.69) is 6.92 Å². The Bertz CT molecular complexity index is 190. The van der Waals surface area contributed by atoms with Crippen molar-refractivity contribution >= 4 is 33.2 Å². The fraction of sp³-hybridized carbons (Fsp3) is 1.00. The molecule has 13 heavy (non-hydrogen) atoms. The van der Waals surface area contributed by atoms with E-state index in [4.69, 9.17) is 4.55 Å². The highest BCUT2D eigenvalue weighted by Gasteiger charge is 2.02. The predicted molar refractivity (Wildman–Crippen MR) is 58.3 cm³/mol. The average Bonchev–Trinajstić information content (AvgIpc) is 1.94. The molecule has 3 nitrogen and oxygen atoms in total. The monoisotopic (exact) mass is 220 g/mol. The lowest BCUT2D eigenvalue weighted by Crippen LogP contribution is -2.03. The van der Waals surface area contributed by atoms with E-state index in [0.29, 0.717) is 6.42 Å². The van der Waals surface area contributed by atoms with Crippen molar-refractivity contribution in [2.45, 2.75) is 45.4 Å². The van der Waals surface area contributed by atoms with Crippen LogP contribution >= 0.6 is 0 Å². The van der Waals surface area contributed by atoms with Crippen molar-refractivity contribution in [2.24, 2.45) is 0 Å². The number of unbranched alkanes of at least 4 members (excludes halogenated alkanes) is 5. The summed E-state index contributed by atoms with van der Waals surface area (Å²) in [6, 6.07) is 0. The first kappa shape index (κ1) is 16.1. The summed E-state index contributed by atoms with van der Waals surface area (Å²) in [5, 5.41) is 0. The molecule has 0 aliphatic heterocycles. The number of rotatable bonds is 7. The molecule has 0 fully saturated rings. The first-order chi connectivity index (χ1) is 5.56. The Kier molecular flexibility index (Phi) is 11.5. The van der Waals surface area contributed by atoms with E-state index in [1.54, 1.807) is 0 Å². The van der Waals surface area contributed by atoms with Crippen LogP contribution in [0.3, 0.4) is 0 Å². The first-order valence-electron chi connectivity index (χ1n) is 4.51. The van der Waals surface area contributed by atoms with Crippen LogP contribution in [0.2, 0.25) is 0 Å². The lowest BCUT2D eigenvalue weighted by molar-refractivity contribution is 0.478. The van der Waals surface area contributed by atoms with Gasteiger partial charge in [-0.25, -0.2) is 0 Å². The highest BCUT2D eigenvalue weighted by Crippen LogP contribution is 2.05. The van der Waals surface area contributed by atoms with Crippen LogP contribution in [-0.4, -0.2) is 41.8 Å². The Morgan fingerprint density at radius 1 is 1.00 bits per heavy atom. The molecule has 78 valence electrons. The standard InChI is InChI=1S/C8H18O3S.Mg.2H/c1-2-3-4-5-6-7-8-12(9,10)11;;;/h2-8H2,1H3,(H,9,10,11);;;. The molecular weight excluding hydrogens is 200 g/mol. The van der Waals surface area contributed by atoms with Crippen molar-refractivity contribution in [2.75, 3.05) is 5.75 Å². The van der Waals surface area contributed by atoms with Crippen molar-refractivity contribution in [1.29, 1.82) is 0 Å². The van der Waals surface area contributed by atoms with Gasteiger partial charge in [0.15, 0.2) is 0 Å². The molecule has 0 spiro atoms. The molecule has 0 unspecified atom stereocenters. The Balaban J connectivity index is 0. The van der Waals surface area contributed by atoms with Gasteiger partial charge in [0.2, 0.25) is 0 Å². The van der Waals surface area contributed by atoms with E-state index in [1.807, 2.05) is 0 Å². The summed E-state index contributed by atoms with van der Waals surface area (Å²) >= 11 is 0. The SMILES string of the molecule is CCCCCCCCS(=O)(=O)O.[MgH2]. The molecule has 5 heteroatoms. The molecule has 0 bridgehead atoms. The van der Waals surface area contributed by atoms with Gasteiger partial charge in [0.05, 0.1) is 5.75 Å². The number of hydrogen-bond donors (Lipinski definition) is 1. The molecule has 0 saturated carbocycles. The Morgan fingerprint density at radius 3 is 1.92 bits per heavy atom. The molecule has 0 heterocycles. The van der Waals surface area contributed by atoms with Crippen LogP contribution in [0.25, 0.3) is 0 Å². The molecule has 0 atom stereocenters. The van der Waals surface area contributed by atoms with Gasteiger partial charge in [0.1, 0.15) is 0 Å². The van der Waals surface area contributed by atoms with Gasteiger partial charge in [-0.1, -0.05) is 39.0 Å². The fourth-order valence-corrected chi connectivity index (χ4v) is 1.63. The molecular formula is C8H20MgO3S. The first-order valence-corrected chi connectivity index (χ1v) is 6.12. The summed E-state index contributed by atoms with van der Waals surface area (Å²) in [7, 11) is -3.72. The third-order valence-electron chi connectivity index (χ3n) is 1.76.